The van der Waals surface area contributed by atoms with Gasteiger partial charge in [-0.25, -0.2) is 5.43 Å². The molecule has 2 aromatic heterocycles. The topological polar surface area (TPSA) is 163 Å². The predicted octanol–water partition coefficient (Wildman–Crippen LogP) is 6.25. The number of carbonyl (C=O) groups is 3. The highest BCUT2D eigenvalue weighted by atomic mass is 16.5. The van der Waals surface area contributed by atoms with E-state index in [1.807, 2.05) is 18.5 Å². The fourth-order valence-electron chi connectivity index (χ4n) is 14.1. The average Bonchev–Trinajstić information content (AvgIpc) is 4.16. The number of hydrazine groups is 1. The number of ether oxygens (including phenoxy) is 4. The number of methoxy groups -OCH3 is 1. The molecular weight excluding hydrogens is 935 g/mol. The van der Waals surface area contributed by atoms with Crippen molar-refractivity contribution in [1.29, 1.82) is 0 Å². The van der Waals surface area contributed by atoms with Gasteiger partial charge < -0.3 is 34.5 Å². The number of fused-ring (bicyclic) bond motifs is 4. The molecule has 398 valence electrons. The molecule has 9 heterocycles. The first kappa shape index (κ1) is 51.3. The Kier molecular flexibility index (Phi) is 14.8. The van der Waals surface area contributed by atoms with Gasteiger partial charge in [0.15, 0.2) is 0 Å². The molecular formula is C58H79N9O7. The molecule has 16 nitrogen and oxygen atoms in total. The average molecular weight is 1010 g/mol. The molecule has 74 heavy (non-hydrogen) atoms. The Morgan fingerprint density at radius 3 is 2.61 bits per heavy atom. The Hall–Kier alpha value is -4.81. The summed E-state index contributed by atoms with van der Waals surface area (Å²) in [6.45, 7) is 19.3. The minimum atomic E-state index is -0.887. The molecule has 8 aliphatic rings. The number of anilines is 1. The number of amides is 2. The molecule has 0 radical (unpaired) electrons. The first-order valence-corrected chi connectivity index (χ1v) is 27.9. The van der Waals surface area contributed by atoms with Gasteiger partial charge in [0, 0.05) is 113 Å². The van der Waals surface area contributed by atoms with Crippen LogP contribution >= 0.6 is 0 Å². The van der Waals surface area contributed by atoms with Gasteiger partial charge >= 0.3 is 0 Å². The fourth-order valence-corrected chi connectivity index (χ4v) is 14.1. The van der Waals surface area contributed by atoms with Crippen molar-refractivity contribution in [3.05, 3.63) is 88.0 Å². The second-order valence-electron chi connectivity index (χ2n) is 23.4. The number of morpholine rings is 1. The number of hydrogen-bond acceptors (Lipinski definition) is 14. The molecule has 1 aromatic carbocycles. The van der Waals surface area contributed by atoms with Crippen LogP contribution in [0.1, 0.15) is 155 Å². The molecule has 7 aliphatic heterocycles. The van der Waals surface area contributed by atoms with Gasteiger partial charge in [0.05, 0.1) is 60.5 Å². The molecule has 1 aliphatic carbocycles. The fraction of sp³-hybridized carbons (Fsp3) is 0.638. The number of benzene rings is 1. The van der Waals surface area contributed by atoms with E-state index < -0.39 is 24.2 Å². The summed E-state index contributed by atoms with van der Waals surface area (Å²) in [7, 11) is 1.75. The molecule has 3 unspecified atom stereocenters. The summed E-state index contributed by atoms with van der Waals surface area (Å²) in [6.07, 6.45) is 10.6. The van der Waals surface area contributed by atoms with Gasteiger partial charge in [-0.1, -0.05) is 39.8 Å². The highest BCUT2D eigenvalue weighted by Gasteiger charge is 2.55. The zero-order chi connectivity index (χ0) is 51.3. The Balaban J connectivity index is 0.962. The van der Waals surface area contributed by atoms with Crippen molar-refractivity contribution in [2.24, 2.45) is 5.41 Å². The van der Waals surface area contributed by atoms with Crippen molar-refractivity contribution in [1.82, 2.24) is 40.8 Å². The van der Waals surface area contributed by atoms with Crippen molar-refractivity contribution in [2.75, 3.05) is 90.7 Å². The van der Waals surface area contributed by atoms with Gasteiger partial charge in [0.1, 0.15) is 6.04 Å². The van der Waals surface area contributed by atoms with Crippen LogP contribution < -0.4 is 21.0 Å². The van der Waals surface area contributed by atoms with E-state index >= 15 is 9.59 Å². The zero-order valence-corrected chi connectivity index (χ0v) is 44.6. The van der Waals surface area contributed by atoms with Crippen molar-refractivity contribution in [3.8, 4) is 0 Å². The Labute approximate surface area is 437 Å². The minimum Gasteiger partial charge on any atom is -0.467 e. The Morgan fingerprint density at radius 2 is 1.88 bits per heavy atom. The van der Waals surface area contributed by atoms with E-state index in [-0.39, 0.29) is 53.4 Å². The van der Waals surface area contributed by atoms with Gasteiger partial charge in [-0.15, -0.1) is 0 Å². The summed E-state index contributed by atoms with van der Waals surface area (Å²) in [5.41, 5.74) is 14.3. The molecule has 0 bridgehead atoms. The van der Waals surface area contributed by atoms with Crippen molar-refractivity contribution < 1.29 is 33.3 Å². The number of nitrogens with zero attached hydrogens (tertiary/aromatic N) is 6. The molecule has 3 aromatic rings. The van der Waals surface area contributed by atoms with Gasteiger partial charge in [-0.05, 0) is 123 Å². The number of carbonyl (C=O) groups excluding carboxylic acids is 3. The molecule has 8 atom stereocenters. The van der Waals surface area contributed by atoms with Gasteiger partial charge in [0.25, 0.3) is 12.4 Å². The Morgan fingerprint density at radius 1 is 1.03 bits per heavy atom. The highest BCUT2D eigenvalue weighted by Crippen LogP contribution is 2.54. The van der Waals surface area contributed by atoms with Gasteiger partial charge in [0.2, 0.25) is 5.91 Å². The SMILES string of the molecule is CCC1C(c2cc(C3CNC3)cnc2[C@H](C)OC)=C(CC(C)(C)COC=O)c2cc(N3CCO[C@@H]([C@H]([C@H](NC(=O)[C@@H]4C(C)c5cccnc5C5CCCN54)C(=O)N4CCCCN4)N4CC5(CCCO5)C4)C3)ccc21. The number of allylic oxidation sites excluding steroid dienone is 2. The number of hydrogen-bond donors (Lipinski definition) is 3. The van der Waals surface area contributed by atoms with Crippen LogP contribution in [0.4, 0.5) is 5.69 Å². The third-order valence-electron chi connectivity index (χ3n) is 18.0. The monoisotopic (exact) mass is 1010 g/mol. The van der Waals surface area contributed by atoms with E-state index in [1.54, 1.807) is 12.1 Å². The molecule has 2 amide bonds. The van der Waals surface area contributed by atoms with Crippen LogP contribution in [0, 0.1) is 5.41 Å². The highest BCUT2D eigenvalue weighted by molar-refractivity contribution is 6.01. The predicted molar refractivity (Wildman–Crippen MR) is 283 cm³/mol. The molecule has 3 N–H and O–H groups in total. The summed E-state index contributed by atoms with van der Waals surface area (Å²) >= 11 is 0. The quantitative estimate of drug-likeness (QED) is 0.130. The molecule has 11 rings (SSSR count). The molecule has 1 spiro atoms. The maximum atomic E-state index is 15.4. The standard InChI is InChI=1S/C58H79N9O7/c1-7-41-43-16-15-40(26-44(43)46(27-57(4,5)34-72-35-68)49(41)45-25-38(39-28-59-29-39)30-61-50(45)37(3)71-6)64-22-24-73-48(31-64)54(65-32-58(33-65)17-12-23-74-58)52(56(70)67-21-9-8-19-62-67)63-55(69)53-36(2)42-13-10-18-60-51(42)47-14-11-20-66(47)53/h10,13,15-16,18,25-26,30,35-37,39,41,47-48,52-54,59,62H,7-9,11-12,14,17,19-24,27-29,31-34H2,1-6H3,(H,63,69)/t36?,37-,41?,47?,48+,52-,53-,54+/m0/s1. The smallest absolute Gasteiger partial charge is 0.293 e. The van der Waals surface area contributed by atoms with Crippen LogP contribution in [-0.2, 0) is 33.3 Å². The van der Waals surface area contributed by atoms with E-state index in [0.717, 1.165) is 99.4 Å². The number of pyridine rings is 2. The maximum absolute atomic E-state index is 15.4. The van der Waals surface area contributed by atoms with Crippen LogP contribution in [0.25, 0.3) is 11.1 Å². The van der Waals surface area contributed by atoms with E-state index in [4.69, 9.17) is 28.9 Å². The van der Waals surface area contributed by atoms with E-state index in [1.165, 1.54) is 27.8 Å². The number of likely N-dealkylation sites (tertiary alicyclic amines) is 1. The lowest BCUT2D eigenvalue weighted by atomic mass is 9.80. The van der Waals surface area contributed by atoms with Crippen LogP contribution in [0.2, 0.25) is 0 Å². The lowest BCUT2D eigenvalue weighted by Crippen LogP contribution is -2.75. The second-order valence-corrected chi connectivity index (χ2v) is 23.4. The molecule has 6 fully saturated rings. The largest absolute Gasteiger partial charge is 0.467 e. The van der Waals surface area contributed by atoms with Crippen molar-refractivity contribution in [2.45, 2.75) is 146 Å². The Bertz CT molecular complexity index is 2580. The third-order valence-corrected chi connectivity index (χ3v) is 18.0. The molecule has 6 saturated heterocycles. The second kappa shape index (κ2) is 21.3. The normalized spacial score (nSPS) is 27.2. The summed E-state index contributed by atoms with van der Waals surface area (Å²) in [6, 6.07) is 11.7. The van der Waals surface area contributed by atoms with Crippen molar-refractivity contribution in [3.63, 3.8) is 0 Å². The third kappa shape index (κ3) is 9.59. The van der Waals surface area contributed by atoms with Crippen LogP contribution in [0.15, 0.2) is 48.8 Å². The number of aromatic nitrogens is 2. The van der Waals surface area contributed by atoms with Crippen LogP contribution in [0.3, 0.4) is 0 Å². The molecule has 16 heteroatoms. The summed E-state index contributed by atoms with van der Waals surface area (Å²) in [4.78, 5) is 59.5. The number of nitrogens with one attached hydrogen (secondary N) is 3. The van der Waals surface area contributed by atoms with Crippen molar-refractivity contribution >= 4 is 35.1 Å². The molecule has 0 saturated carbocycles. The summed E-state index contributed by atoms with van der Waals surface area (Å²) in [5.74, 6) is 0.162. The lowest BCUT2D eigenvalue weighted by Gasteiger charge is -2.55. The van der Waals surface area contributed by atoms with E-state index in [2.05, 4.69) is 95.7 Å². The van der Waals surface area contributed by atoms with Crippen LogP contribution in [-0.4, -0.2) is 159 Å². The van der Waals surface area contributed by atoms with Crippen LogP contribution in [0.5, 0.6) is 0 Å². The van der Waals surface area contributed by atoms with E-state index in [9.17, 15) is 4.79 Å². The van der Waals surface area contributed by atoms with E-state index in [0.29, 0.717) is 64.7 Å². The van der Waals surface area contributed by atoms with Gasteiger partial charge in [-0.3, -0.25) is 39.2 Å². The first-order valence-electron chi connectivity index (χ1n) is 27.9. The minimum absolute atomic E-state index is 0.0710. The maximum Gasteiger partial charge on any atom is 0.293 e. The number of rotatable bonds is 17. The van der Waals surface area contributed by atoms with Gasteiger partial charge in [-0.2, -0.15) is 0 Å². The summed E-state index contributed by atoms with van der Waals surface area (Å²) < 4.78 is 24.9. The first-order chi connectivity index (χ1) is 35.9. The zero-order valence-electron chi connectivity index (χ0n) is 44.6. The lowest BCUT2D eigenvalue weighted by molar-refractivity contribution is -0.167. The summed E-state index contributed by atoms with van der Waals surface area (Å²) in [5, 5.41) is 8.72.